The van der Waals surface area contributed by atoms with Crippen LogP contribution >= 0.6 is 11.6 Å². The topological polar surface area (TPSA) is 51.0 Å². The minimum atomic E-state index is -0.664. The van der Waals surface area contributed by atoms with E-state index in [-0.39, 0.29) is 11.7 Å². The molecule has 3 aromatic carbocycles. The average Bonchev–Trinajstić information content (AvgIpc) is 3.20. The number of nitrogens with zero attached hydrogens (tertiary/aromatic N) is 2. The fraction of sp³-hybridized carbons (Fsp3) is 0.0909. The molecular weight excluding hydrogens is 377 g/mol. The van der Waals surface area contributed by atoms with Crippen molar-refractivity contribution < 1.29 is 8.81 Å². The van der Waals surface area contributed by atoms with Crippen LogP contribution in [0.15, 0.2) is 77.2 Å². The van der Waals surface area contributed by atoms with Gasteiger partial charge in [-0.2, -0.15) is 0 Å². The molecular formula is C22H17ClFN3O. The van der Waals surface area contributed by atoms with Crippen LogP contribution in [0.4, 0.5) is 10.1 Å². The molecule has 0 saturated heterocycles. The summed E-state index contributed by atoms with van der Waals surface area (Å²) < 4.78 is 20.5. The monoisotopic (exact) mass is 393 g/mol. The average molecular weight is 394 g/mol. The number of benzene rings is 3. The number of halogens is 2. The molecule has 140 valence electrons. The van der Waals surface area contributed by atoms with Crippen LogP contribution in [0.2, 0.25) is 5.02 Å². The van der Waals surface area contributed by atoms with E-state index in [9.17, 15) is 4.39 Å². The van der Waals surface area contributed by atoms with Gasteiger partial charge in [0.2, 0.25) is 11.8 Å². The zero-order valence-corrected chi connectivity index (χ0v) is 15.8. The molecule has 1 aromatic heterocycles. The first-order valence-corrected chi connectivity index (χ1v) is 9.15. The third-order valence-corrected chi connectivity index (χ3v) is 4.66. The maximum Gasteiger partial charge on any atom is 0.247 e. The molecule has 0 saturated carbocycles. The normalized spacial score (nSPS) is 12.0. The van der Waals surface area contributed by atoms with Crippen LogP contribution in [-0.4, -0.2) is 10.2 Å². The van der Waals surface area contributed by atoms with Gasteiger partial charge in [-0.25, -0.2) is 4.39 Å². The molecule has 1 atom stereocenters. The molecule has 0 radical (unpaired) electrons. The molecule has 4 nitrogen and oxygen atoms in total. The van der Waals surface area contributed by atoms with Gasteiger partial charge in [-0.3, -0.25) is 0 Å². The molecule has 0 aliphatic heterocycles. The highest BCUT2D eigenvalue weighted by molar-refractivity contribution is 6.30. The number of anilines is 1. The zero-order chi connectivity index (χ0) is 19.5. The van der Waals surface area contributed by atoms with Gasteiger partial charge in [0.15, 0.2) is 0 Å². The Hall–Kier alpha value is -3.18. The maximum absolute atomic E-state index is 14.6. The SMILES string of the molecule is Cc1ccc(Cl)cc1N[C@@H](c1nnc(-c2ccccc2)o1)c1ccccc1F. The van der Waals surface area contributed by atoms with Gasteiger partial charge in [-0.15, -0.1) is 10.2 Å². The molecule has 1 heterocycles. The van der Waals surface area contributed by atoms with E-state index in [2.05, 4.69) is 15.5 Å². The van der Waals surface area contributed by atoms with Crippen LogP contribution in [0, 0.1) is 12.7 Å². The van der Waals surface area contributed by atoms with E-state index in [1.54, 1.807) is 30.3 Å². The number of rotatable bonds is 5. The Morgan fingerprint density at radius 3 is 2.50 bits per heavy atom. The lowest BCUT2D eigenvalue weighted by Gasteiger charge is -2.19. The Bertz CT molecular complexity index is 1100. The lowest BCUT2D eigenvalue weighted by atomic mass is 10.0. The van der Waals surface area contributed by atoms with Crippen LogP contribution in [-0.2, 0) is 0 Å². The summed E-state index contributed by atoms with van der Waals surface area (Å²) in [6, 6.07) is 20.8. The fourth-order valence-corrected chi connectivity index (χ4v) is 3.11. The summed E-state index contributed by atoms with van der Waals surface area (Å²) in [6.45, 7) is 1.94. The third kappa shape index (κ3) is 3.75. The molecule has 28 heavy (non-hydrogen) atoms. The highest BCUT2D eigenvalue weighted by Crippen LogP contribution is 2.31. The fourth-order valence-electron chi connectivity index (χ4n) is 2.94. The molecule has 1 N–H and O–H groups in total. The van der Waals surface area contributed by atoms with E-state index < -0.39 is 6.04 Å². The Kier molecular flexibility index (Phi) is 5.08. The van der Waals surface area contributed by atoms with Crippen molar-refractivity contribution in [3.8, 4) is 11.5 Å². The van der Waals surface area contributed by atoms with Gasteiger partial charge in [0.1, 0.15) is 11.9 Å². The van der Waals surface area contributed by atoms with Gasteiger partial charge >= 0.3 is 0 Å². The lowest BCUT2D eigenvalue weighted by Crippen LogP contribution is -2.15. The first-order chi connectivity index (χ1) is 13.6. The molecule has 4 aromatic rings. The second-order valence-corrected chi connectivity index (χ2v) is 6.81. The van der Waals surface area contributed by atoms with E-state index >= 15 is 0 Å². The largest absolute Gasteiger partial charge is 0.418 e. The van der Waals surface area contributed by atoms with Crippen LogP contribution in [0.5, 0.6) is 0 Å². The van der Waals surface area contributed by atoms with Gasteiger partial charge in [-0.05, 0) is 42.8 Å². The Morgan fingerprint density at radius 2 is 1.71 bits per heavy atom. The maximum atomic E-state index is 14.6. The summed E-state index contributed by atoms with van der Waals surface area (Å²) >= 11 is 6.14. The van der Waals surface area contributed by atoms with Crippen LogP contribution in [0.3, 0.4) is 0 Å². The molecule has 0 amide bonds. The quantitative estimate of drug-likeness (QED) is 0.449. The van der Waals surface area contributed by atoms with Crippen molar-refractivity contribution in [2.45, 2.75) is 13.0 Å². The predicted molar refractivity (Wildman–Crippen MR) is 108 cm³/mol. The number of aryl methyl sites for hydroxylation is 1. The number of hydrogen-bond acceptors (Lipinski definition) is 4. The van der Waals surface area contributed by atoms with Crippen molar-refractivity contribution in [2.24, 2.45) is 0 Å². The third-order valence-electron chi connectivity index (χ3n) is 4.42. The van der Waals surface area contributed by atoms with Crippen molar-refractivity contribution in [1.29, 1.82) is 0 Å². The van der Waals surface area contributed by atoms with Crippen molar-refractivity contribution in [3.63, 3.8) is 0 Å². The van der Waals surface area contributed by atoms with Crippen LogP contribution in [0.25, 0.3) is 11.5 Å². The summed E-state index contributed by atoms with van der Waals surface area (Å²) in [6.07, 6.45) is 0. The second-order valence-electron chi connectivity index (χ2n) is 6.37. The smallest absolute Gasteiger partial charge is 0.247 e. The molecule has 0 fully saturated rings. The molecule has 0 aliphatic carbocycles. The molecule has 0 unspecified atom stereocenters. The van der Waals surface area contributed by atoms with Crippen molar-refractivity contribution in [1.82, 2.24) is 10.2 Å². The standard InChI is InChI=1S/C22H17ClFN3O/c1-14-11-12-16(23)13-19(14)25-20(17-9-5-6-10-18(17)24)22-27-26-21(28-22)15-7-3-2-4-8-15/h2-13,20,25H,1H3/t20-/m1/s1. The minimum Gasteiger partial charge on any atom is -0.418 e. The minimum absolute atomic E-state index is 0.267. The summed E-state index contributed by atoms with van der Waals surface area (Å²) in [7, 11) is 0. The van der Waals surface area contributed by atoms with Gasteiger partial charge < -0.3 is 9.73 Å². The van der Waals surface area contributed by atoms with Gasteiger partial charge in [0.05, 0.1) is 0 Å². The van der Waals surface area contributed by atoms with E-state index in [1.807, 2.05) is 43.3 Å². The number of nitrogens with one attached hydrogen (secondary N) is 1. The van der Waals surface area contributed by atoms with Crippen molar-refractivity contribution >= 4 is 17.3 Å². The van der Waals surface area contributed by atoms with E-state index in [4.69, 9.17) is 16.0 Å². The Balaban J connectivity index is 1.77. The lowest BCUT2D eigenvalue weighted by molar-refractivity contribution is 0.485. The highest BCUT2D eigenvalue weighted by Gasteiger charge is 2.24. The molecule has 4 rings (SSSR count). The van der Waals surface area contributed by atoms with Crippen molar-refractivity contribution in [3.05, 3.63) is 101 Å². The molecule has 0 bridgehead atoms. The van der Waals surface area contributed by atoms with E-state index in [0.717, 1.165) is 16.8 Å². The second kappa shape index (κ2) is 7.82. The predicted octanol–water partition coefficient (Wildman–Crippen LogP) is 6.04. The van der Waals surface area contributed by atoms with Crippen LogP contribution < -0.4 is 5.32 Å². The van der Waals surface area contributed by atoms with E-state index in [0.29, 0.717) is 16.5 Å². The zero-order valence-electron chi connectivity index (χ0n) is 15.1. The molecule has 0 spiro atoms. The Morgan fingerprint density at radius 1 is 0.964 bits per heavy atom. The van der Waals surface area contributed by atoms with Crippen LogP contribution in [0.1, 0.15) is 23.1 Å². The first-order valence-electron chi connectivity index (χ1n) is 8.78. The molecule has 6 heteroatoms. The highest BCUT2D eigenvalue weighted by atomic mass is 35.5. The molecule has 0 aliphatic rings. The number of hydrogen-bond donors (Lipinski definition) is 1. The first kappa shape index (κ1) is 18.2. The summed E-state index contributed by atoms with van der Waals surface area (Å²) in [5, 5.41) is 12.2. The van der Waals surface area contributed by atoms with E-state index in [1.165, 1.54) is 6.07 Å². The Labute approximate surface area is 167 Å². The van der Waals surface area contributed by atoms with Gasteiger partial charge in [-0.1, -0.05) is 54.1 Å². The van der Waals surface area contributed by atoms with Gasteiger partial charge in [0.25, 0.3) is 0 Å². The number of aromatic nitrogens is 2. The van der Waals surface area contributed by atoms with Crippen molar-refractivity contribution in [2.75, 3.05) is 5.32 Å². The summed E-state index contributed by atoms with van der Waals surface area (Å²) in [5.41, 5.74) is 2.94. The summed E-state index contributed by atoms with van der Waals surface area (Å²) in [4.78, 5) is 0. The summed E-state index contributed by atoms with van der Waals surface area (Å²) in [5.74, 6) is 0.282. The van der Waals surface area contributed by atoms with Gasteiger partial charge in [0, 0.05) is 21.8 Å².